The van der Waals surface area contributed by atoms with Gasteiger partial charge in [-0.15, -0.1) is 0 Å². The molecule has 0 saturated carbocycles. The van der Waals surface area contributed by atoms with Crippen LogP contribution in [0.25, 0.3) is 0 Å². The molecule has 1 aliphatic heterocycles. The third-order valence-corrected chi connectivity index (χ3v) is 7.40. The third kappa shape index (κ3) is 5.53. The quantitative estimate of drug-likeness (QED) is 0.595. The SMILES string of the molecule is CCOC(=O)C(C)N1CCC(N(C(C)C)S(=O)(=O)c2cccc(C(F)(F)F)c2)CC1. The van der Waals surface area contributed by atoms with Gasteiger partial charge in [-0.05, 0) is 58.7 Å². The fourth-order valence-electron chi connectivity index (χ4n) is 3.79. The maximum Gasteiger partial charge on any atom is 0.416 e. The van der Waals surface area contributed by atoms with E-state index in [1.54, 1.807) is 27.7 Å². The van der Waals surface area contributed by atoms with E-state index in [0.29, 0.717) is 32.0 Å². The van der Waals surface area contributed by atoms with Crippen molar-refractivity contribution >= 4 is 16.0 Å². The highest BCUT2D eigenvalue weighted by atomic mass is 32.2. The Bertz CT molecular complexity index is 835. The number of halogens is 3. The summed E-state index contributed by atoms with van der Waals surface area (Å²) in [4.78, 5) is 13.5. The van der Waals surface area contributed by atoms with Gasteiger partial charge in [0, 0.05) is 25.2 Å². The molecular formula is C20H29F3N2O4S. The van der Waals surface area contributed by atoms with Crippen LogP contribution in [-0.4, -0.2) is 61.4 Å². The molecule has 0 aromatic heterocycles. The Balaban J connectivity index is 2.22. The van der Waals surface area contributed by atoms with Crippen molar-refractivity contribution in [3.05, 3.63) is 29.8 Å². The lowest BCUT2D eigenvalue weighted by molar-refractivity contribution is -0.149. The molecule has 1 aliphatic rings. The molecule has 1 aromatic rings. The molecule has 1 unspecified atom stereocenters. The molecule has 170 valence electrons. The van der Waals surface area contributed by atoms with Crippen LogP contribution < -0.4 is 0 Å². The van der Waals surface area contributed by atoms with Crippen molar-refractivity contribution in [2.24, 2.45) is 0 Å². The van der Waals surface area contributed by atoms with Crippen molar-refractivity contribution in [3.63, 3.8) is 0 Å². The lowest BCUT2D eigenvalue weighted by Crippen LogP contribution is -2.52. The van der Waals surface area contributed by atoms with Gasteiger partial charge in [-0.1, -0.05) is 6.07 Å². The zero-order valence-electron chi connectivity index (χ0n) is 17.6. The van der Waals surface area contributed by atoms with Gasteiger partial charge in [0.05, 0.1) is 17.1 Å². The summed E-state index contributed by atoms with van der Waals surface area (Å²) in [5.41, 5.74) is -0.995. The second-order valence-electron chi connectivity index (χ2n) is 7.65. The maximum atomic E-state index is 13.2. The number of rotatable bonds is 7. The highest BCUT2D eigenvalue weighted by molar-refractivity contribution is 7.89. The summed E-state index contributed by atoms with van der Waals surface area (Å²) in [7, 11) is -4.12. The van der Waals surface area contributed by atoms with Crippen LogP contribution in [0.5, 0.6) is 0 Å². The van der Waals surface area contributed by atoms with Gasteiger partial charge in [0.2, 0.25) is 10.0 Å². The monoisotopic (exact) mass is 450 g/mol. The lowest BCUT2D eigenvalue weighted by Gasteiger charge is -2.41. The predicted molar refractivity (Wildman–Crippen MR) is 106 cm³/mol. The molecule has 30 heavy (non-hydrogen) atoms. The molecule has 0 spiro atoms. The van der Waals surface area contributed by atoms with E-state index >= 15 is 0 Å². The number of benzene rings is 1. The zero-order valence-corrected chi connectivity index (χ0v) is 18.5. The summed E-state index contributed by atoms with van der Waals surface area (Å²) in [6.45, 7) is 8.17. The summed E-state index contributed by atoms with van der Waals surface area (Å²) >= 11 is 0. The van der Waals surface area contributed by atoms with Gasteiger partial charge in [-0.25, -0.2) is 8.42 Å². The van der Waals surface area contributed by atoms with E-state index in [-0.39, 0.29) is 23.5 Å². The van der Waals surface area contributed by atoms with Gasteiger partial charge in [-0.2, -0.15) is 17.5 Å². The molecule has 1 aromatic carbocycles. The van der Waals surface area contributed by atoms with E-state index in [1.165, 1.54) is 10.4 Å². The van der Waals surface area contributed by atoms with E-state index in [0.717, 1.165) is 12.1 Å². The van der Waals surface area contributed by atoms with Crippen LogP contribution in [0.1, 0.15) is 46.1 Å². The first-order valence-corrected chi connectivity index (χ1v) is 11.4. The highest BCUT2D eigenvalue weighted by Crippen LogP contribution is 2.33. The molecule has 10 heteroatoms. The molecule has 1 fully saturated rings. The number of alkyl halides is 3. The number of piperidine rings is 1. The normalized spacial score (nSPS) is 18.0. The first-order valence-electron chi connectivity index (χ1n) is 10.0. The van der Waals surface area contributed by atoms with Gasteiger partial charge in [0.1, 0.15) is 6.04 Å². The molecule has 1 heterocycles. The Kier molecular flexibility index (Phi) is 7.92. The second-order valence-corrected chi connectivity index (χ2v) is 9.49. The number of nitrogens with zero attached hydrogens (tertiary/aromatic N) is 2. The second kappa shape index (κ2) is 9.65. The van der Waals surface area contributed by atoms with Gasteiger partial charge < -0.3 is 4.74 Å². The Hall–Kier alpha value is -1.65. The highest BCUT2D eigenvalue weighted by Gasteiger charge is 2.38. The zero-order chi connectivity index (χ0) is 22.7. The number of esters is 1. The van der Waals surface area contributed by atoms with Crippen molar-refractivity contribution in [1.82, 2.24) is 9.21 Å². The van der Waals surface area contributed by atoms with Crippen LogP contribution in [0, 0.1) is 0 Å². The van der Waals surface area contributed by atoms with Crippen LogP contribution in [0.3, 0.4) is 0 Å². The number of sulfonamides is 1. The van der Waals surface area contributed by atoms with Crippen LogP contribution in [0.2, 0.25) is 0 Å². The van der Waals surface area contributed by atoms with Crippen LogP contribution >= 0.6 is 0 Å². The summed E-state index contributed by atoms with van der Waals surface area (Å²) in [6, 6.07) is 2.61. The van der Waals surface area contributed by atoms with E-state index in [2.05, 4.69) is 0 Å². The summed E-state index contributed by atoms with van der Waals surface area (Å²) in [6.07, 6.45) is -3.68. The van der Waals surface area contributed by atoms with Crippen molar-refractivity contribution in [2.45, 2.75) is 69.7 Å². The Morgan fingerprint density at radius 3 is 2.33 bits per heavy atom. The smallest absolute Gasteiger partial charge is 0.416 e. The Morgan fingerprint density at radius 1 is 1.23 bits per heavy atom. The van der Waals surface area contributed by atoms with E-state index in [4.69, 9.17) is 4.74 Å². The third-order valence-electron chi connectivity index (χ3n) is 5.28. The van der Waals surface area contributed by atoms with Gasteiger partial charge >= 0.3 is 12.1 Å². The average Bonchev–Trinajstić information content (AvgIpc) is 2.67. The molecule has 0 aliphatic carbocycles. The number of carbonyl (C=O) groups excluding carboxylic acids is 1. The van der Waals surface area contributed by atoms with Gasteiger partial charge in [0.25, 0.3) is 0 Å². The molecule has 1 atom stereocenters. The van der Waals surface area contributed by atoms with E-state index in [1.807, 2.05) is 4.90 Å². The average molecular weight is 451 g/mol. The van der Waals surface area contributed by atoms with Crippen molar-refractivity contribution in [2.75, 3.05) is 19.7 Å². The number of carbonyl (C=O) groups is 1. The standard InChI is InChI=1S/C20H29F3N2O4S/c1-5-29-19(26)15(4)24-11-9-17(10-12-24)25(14(2)3)30(27,28)18-8-6-7-16(13-18)20(21,22)23/h6-8,13-15,17H,5,9-12H2,1-4H3. The topological polar surface area (TPSA) is 66.9 Å². The molecule has 0 bridgehead atoms. The largest absolute Gasteiger partial charge is 0.465 e. The lowest BCUT2D eigenvalue weighted by atomic mass is 10.0. The minimum Gasteiger partial charge on any atom is -0.465 e. The maximum absolute atomic E-state index is 13.2. The number of ether oxygens (including phenoxy) is 1. The number of likely N-dealkylation sites (tertiary alicyclic amines) is 1. The van der Waals surface area contributed by atoms with E-state index < -0.39 is 33.8 Å². The number of hydrogen-bond donors (Lipinski definition) is 0. The Labute approximate surface area is 176 Å². The van der Waals surface area contributed by atoms with Crippen molar-refractivity contribution < 1.29 is 31.1 Å². The first-order chi connectivity index (χ1) is 13.9. The number of hydrogen-bond acceptors (Lipinski definition) is 5. The van der Waals surface area contributed by atoms with Crippen molar-refractivity contribution in [3.8, 4) is 0 Å². The van der Waals surface area contributed by atoms with Crippen LogP contribution in [0.4, 0.5) is 13.2 Å². The molecule has 6 nitrogen and oxygen atoms in total. The summed E-state index contributed by atoms with van der Waals surface area (Å²) in [5, 5.41) is 0. The predicted octanol–water partition coefficient (Wildman–Crippen LogP) is 3.52. The molecule has 2 rings (SSSR count). The molecule has 0 N–H and O–H groups in total. The van der Waals surface area contributed by atoms with Crippen LogP contribution in [0.15, 0.2) is 29.2 Å². The van der Waals surface area contributed by atoms with Gasteiger partial charge in [-0.3, -0.25) is 9.69 Å². The summed E-state index contributed by atoms with van der Waals surface area (Å²) in [5.74, 6) is -0.326. The summed E-state index contributed by atoms with van der Waals surface area (Å²) < 4.78 is 72.0. The van der Waals surface area contributed by atoms with Crippen LogP contribution in [-0.2, 0) is 25.7 Å². The van der Waals surface area contributed by atoms with E-state index in [9.17, 15) is 26.4 Å². The van der Waals surface area contributed by atoms with Crippen molar-refractivity contribution in [1.29, 1.82) is 0 Å². The fourth-order valence-corrected chi connectivity index (χ4v) is 5.72. The minimum absolute atomic E-state index is 0.288. The Morgan fingerprint density at radius 2 is 1.83 bits per heavy atom. The molecule has 1 saturated heterocycles. The molecule has 0 amide bonds. The fraction of sp³-hybridized carbons (Fsp3) is 0.650. The van der Waals surface area contributed by atoms with Gasteiger partial charge in [0.15, 0.2) is 0 Å². The minimum atomic E-state index is -4.62. The first kappa shape index (κ1) is 24.6. The molecule has 0 radical (unpaired) electrons. The molecular weight excluding hydrogens is 421 g/mol.